The van der Waals surface area contributed by atoms with Gasteiger partial charge in [-0.15, -0.1) is 0 Å². The van der Waals surface area contributed by atoms with Crippen molar-refractivity contribution in [1.82, 2.24) is 0 Å². The largest absolute Gasteiger partial charge is 0.508 e. The Hall–Kier alpha value is -1.87. The van der Waals surface area contributed by atoms with Crippen LogP contribution in [0.4, 0.5) is 4.39 Å². The maximum atomic E-state index is 14.2. The molecule has 2 aromatic rings. The monoisotopic (exact) mass is 408 g/mol. The Kier molecular flexibility index (Phi) is 4.93. The quantitative estimate of drug-likeness (QED) is 0.656. The molecule has 2 nitrogen and oxygen atoms in total. The van der Waals surface area contributed by atoms with Gasteiger partial charge < -0.3 is 10.2 Å². The van der Waals surface area contributed by atoms with Gasteiger partial charge in [-0.05, 0) is 103 Å². The zero-order chi connectivity index (χ0) is 21.0. The van der Waals surface area contributed by atoms with Crippen molar-refractivity contribution in [1.29, 1.82) is 0 Å². The number of phenolic OH excluding ortho intramolecular Hbond substituents is 1. The minimum atomic E-state index is -0.893. The molecule has 0 heterocycles. The fraction of sp³-hybridized carbons (Fsp3) is 0.556. The standard InChI is InChI=1S/C27H33FO2/c1-16(28)12-23-24(30)15-27(2)11-10-21-20-9-8-19(29)13-18(20)14-22(25(21)26(23)27)17-6-4-3-5-7-17/h3-9,13,16,21-26,29-30H,10-12,14-15H2,1-2H3/t16?,21-,22+,23+,24+,25+,26+,27-/m1/s1. The Morgan fingerprint density at radius 3 is 2.63 bits per heavy atom. The van der Waals surface area contributed by atoms with E-state index in [1.165, 1.54) is 16.7 Å². The molecule has 0 amide bonds. The molecule has 5 rings (SSSR count). The second-order valence-corrected chi connectivity index (χ2v) is 10.5. The number of rotatable bonds is 3. The number of aromatic hydroxyl groups is 1. The summed E-state index contributed by atoms with van der Waals surface area (Å²) in [6.07, 6.45) is 3.02. The Morgan fingerprint density at radius 2 is 1.90 bits per heavy atom. The molecule has 0 spiro atoms. The van der Waals surface area contributed by atoms with Crippen molar-refractivity contribution >= 4 is 0 Å². The molecule has 2 fully saturated rings. The molecule has 8 atom stereocenters. The fourth-order valence-electron chi connectivity index (χ4n) is 7.58. The van der Waals surface area contributed by atoms with Gasteiger partial charge in [-0.3, -0.25) is 0 Å². The second kappa shape index (κ2) is 7.37. The molecule has 3 aliphatic carbocycles. The number of halogens is 1. The van der Waals surface area contributed by atoms with E-state index in [4.69, 9.17) is 0 Å². The Bertz CT molecular complexity index is 910. The van der Waals surface area contributed by atoms with Crippen LogP contribution in [0.3, 0.4) is 0 Å². The third-order valence-corrected chi connectivity index (χ3v) is 8.60. The van der Waals surface area contributed by atoms with Crippen LogP contribution in [0.1, 0.15) is 68.1 Å². The van der Waals surface area contributed by atoms with Gasteiger partial charge >= 0.3 is 0 Å². The van der Waals surface area contributed by atoms with Gasteiger partial charge in [-0.1, -0.05) is 43.3 Å². The van der Waals surface area contributed by atoms with E-state index in [0.717, 1.165) is 25.7 Å². The molecule has 0 bridgehead atoms. The van der Waals surface area contributed by atoms with E-state index in [0.29, 0.717) is 35.8 Å². The lowest BCUT2D eigenvalue weighted by molar-refractivity contribution is 0.00846. The maximum absolute atomic E-state index is 14.2. The highest BCUT2D eigenvalue weighted by Gasteiger charge is 2.59. The number of alkyl halides is 1. The molecular weight excluding hydrogens is 375 g/mol. The molecule has 0 saturated heterocycles. The summed E-state index contributed by atoms with van der Waals surface area (Å²) in [4.78, 5) is 0. The van der Waals surface area contributed by atoms with Gasteiger partial charge in [0.15, 0.2) is 0 Å². The summed E-state index contributed by atoms with van der Waals surface area (Å²) in [5.41, 5.74) is 4.02. The van der Waals surface area contributed by atoms with Crippen LogP contribution >= 0.6 is 0 Å². The van der Waals surface area contributed by atoms with E-state index in [1.54, 1.807) is 6.92 Å². The molecular formula is C27H33FO2. The Labute approximate surface area is 179 Å². The SMILES string of the molecule is CC(F)C[C@@H]1[C@H]2[C@H]3[C@H](CC[C@]2(C)C[C@@H]1O)c1ccc(O)cc1C[C@H]3c1ccccc1. The van der Waals surface area contributed by atoms with Gasteiger partial charge in [0.25, 0.3) is 0 Å². The number of hydrogen-bond acceptors (Lipinski definition) is 2. The van der Waals surface area contributed by atoms with Gasteiger partial charge in [-0.2, -0.15) is 0 Å². The van der Waals surface area contributed by atoms with Crippen molar-refractivity contribution in [3.05, 3.63) is 65.2 Å². The average molecular weight is 409 g/mol. The van der Waals surface area contributed by atoms with Crippen LogP contribution in [0, 0.1) is 23.2 Å². The maximum Gasteiger partial charge on any atom is 0.115 e. The predicted molar refractivity (Wildman–Crippen MR) is 117 cm³/mol. The van der Waals surface area contributed by atoms with Crippen molar-refractivity contribution in [2.45, 2.75) is 70.1 Å². The first-order valence-electron chi connectivity index (χ1n) is 11.6. The van der Waals surface area contributed by atoms with Gasteiger partial charge in [-0.25, -0.2) is 4.39 Å². The van der Waals surface area contributed by atoms with Crippen molar-refractivity contribution < 1.29 is 14.6 Å². The van der Waals surface area contributed by atoms with Crippen LogP contribution in [0.25, 0.3) is 0 Å². The van der Waals surface area contributed by atoms with Gasteiger partial charge in [0.05, 0.1) is 12.3 Å². The van der Waals surface area contributed by atoms with Gasteiger partial charge in [0.1, 0.15) is 5.75 Å². The number of phenols is 1. The van der Waals surface area contributed by atoms with Crippen LogP contribution in [0.5, 0.6) is 5.75 Å². The smallest absolute Gasteiger partial charge is 0.115 e. The van der Waals surface area contributed by atoms with Crippen LogP contribution < -0.4 is 0 Å². The van der Waals surface area contributed by atoms with Gasteiger partial charge in [0, 0.05) is 0 Å². The molecule has 2 aromatic carbocycles. The summed E-state index contributed by atoms with van der Waals surface area (Å²) in [7, 11) is 0. The summed E-state index contributed by atoms with van der Waals surface area (Å²) < 4.78 is 14.2. The molecule has 2 N–H and O–H groups in total. The molecule has 0 aromatic heterocycles. The molecule has 1 unspecified atom stereocenters. The molecule has 30 heavy (non-hydrogen) atoms. The third kappa shape index (κ3) is 3.17. The van der Waals surface area contributed by atoms with Crippen LogP contribution in [-0.2, 0) is 6.42 Å². The van der Waals surface area contributed by atoms with E-state index in [2.05, 4.69) is 43.3 Å². The number of fused-ring (bicyclic) bond motifs is 5. The molecule has 160 valence electrons. The summed E-state index contributed by atoms with van der Waals surface area (Å²) in [5.74, 6) is 1.80. The first-order chi connectivity index (χ1) is 14.4. The van der Waals surface area contributed by atoms with Crippen LogP contribution in [-0.4, -0.2) is 22.5 Å². The van der Waals surface area contributed by atoms with E-state index < -0.39 is 12.3 Å². The highest BCUT2D eigenvalue weighted by atomic mass is 19.1. The van der Waals surface area contributed by atoms with E-state index in [9.17, 15) is 14.6 Å². The van der Waals surface area contributed by atoms with Crippen LogP contribution in [0.15, 0.2) is 48.5 Å². The van der Waals surface area contributed by atoms with E-state index >= 15 is 0 Å². The number of benzene rings is 2. The second-order valence-electron chi connectivity index (χ2n) is 10.5. The molecule has 3 aliphatic rings. The molecule has 2 saturated carbocycles. The summed E-state index contributed by atoms with van der Waals surface area (Å²) in [6, 6.07) is 16.6. The lowest BCUT2D eigenvalue weighted by Crippen LogP contribution is -2.46. The number of aliphatic hydroxyl groups excluding tert-OH is 1. The Morgan fingerprint density at radius 1 is 1.13 bits per heavy atom. The van der Waals surface area contributed by atoms with Gasteiger partial charge in [0.2, 0.25) is 0 Å². The topological polar surface area (TPSA) is 40.5 Å². The third-order valence-electron chi connectivity index (χ3n) is 8.60. The minimum Gasteiger partial charge on any atom is -0.508 e. The lowest BCUT2D eigenvalue weighted by atomic mass is 9.50. The minimum absolute atomic E-state index is 0.0210. The zero-order valence-electron chi connectivity index (χ0n) is 18.0. The van der Waals surface area contributed by atoms with Crippen molar-refractivity contribution in [2.24, 2.45) is 23.2 Å². The van der Waals surface area contributed by atoms with Crippen molar-refractivity contribution in [3.63, 3.8) is 0 Å². The predicted octanol–water partition coefficient (Wildman–Crippen LogP) is 5.98. The highest BCUT2D eigenvalue weighted by molar-refractivity contribution is 5.43. The zero-order valence-corrected chi connectivity index (χ0v) is 18.0. The number of hydrogen-bond donors (Lipinski definition) is 2. The van der Waals surface area contributed by atoms with E-state index in [1.807, 2.05) is 12.1 Å². The summed E-state index contributed by atoms with van der Waals surface area (Å²) >= 11 is 0. The molecule has 0 radical (unpaired) electrons. The molecule has 0 aliphatic heterocycles. The van der Waals surface area contributed by atoms with Crippen molar-refractivity contribution in [3.8, 4) is 5.75 Å². The Balaban J connectivity index is 1.64. The average Bonchev–Trinajstić information content (AvgIpc) is 2.96. The number of aliphatic hydroxyl groups is 1. The van der Waals surface area contributed by atoms with Crippen LogP contribution in [0.2, 0.25) is 0 Å². The van der Waals surface area contributed by atoms with E-state index in [-0.39, 0.29) is 11.3 Å². The summed E-state index contributed by atoms with van der Waals surface area (Å²) in [5, 5.41) is 21.1. The normalized spacial score (nSPS) is 38.4. The first kappa shape index (κ1) is 20.1. The summed E-state index contributed by atoms with van der Waals surface area (Å²) in [6.45, 7) is 3.98. The highest BCUT2D eigenvalue weighted by Crippen LogP contribution is 2.66. The molecule has 3 heteroatoms. The fourth-order valence-corrected chi connectivity index (χ4v) is 7.58. The lowest BCUT2D eigenvalue weighted by Gasteiger charge is -2.54. The van der Waals surface area contributed by atoms with Crippen molar-refractivity contribution in [2.75, 3.05) is 0 Å². The first-order valence-corrected chi connectivity index (χ1v) is 11.6.